The van der Waals surface area contributed by atoms with Crippen molar-refractivity contribution in [2.75, 3.05) is 13.1 Å². The molecule has 0 radical (unpaired) electrons. The molecule has 1 N–H and O–H groups in total. The molecule has 0 aliphatic carbocycles. The fraction of sp³-hybridized carbons (Fsp3) is 0.276. The van der Waals surface area contributed by atoms with Crippen LogP contribution in [-0.4, -0.2) is 52.8 Å². The number of carbonyl (C=O) groups is 2. The Hall–Kier alpha value is -3.28. The molecular formula is C29H30N3NiO3+. The molecule has 3 aromatic rings. The van der Waals surface area contributed by atoms with Crippen molar-refractivity contribution in [3.63, 3.8) is 0 Å². The molecule has 3 aromatic carbocycles. The third-order valence-corrected chi connectivity index (χ3v) is 6.33. The van der Waals surface area contributed by atoms with Gasteiger partial charge in [-0.15, -0.1) is 5.69 Å². The van der Waals surface area contributed by atoms with Crippen molar-refractivity contribution in [1.82, 2.24) is 4.90 Å². The molecule has 0 bridgehead atoms. The van der Waals surface area contributed by atoms with Crippen molar-refractivity contribution in [2.24, 2.45) is 4.99 Å². The molecule has 6 nitrogen and oxygen atoms in total. The number of para-hydroxylation sites is 1. The molecule has 0 saturated carbocycles. The number of benzene rings is 3. The van der Waals surface area contributed by atoms with Crippen LogP contribution in [-0.2, 0) is 32.5 Å². The van der Waals surface area contributed by atoms with Crippen molar-refractivity contribution in [1.29, 1.82) is 0 Å². The largest absolute Gasteiger partial charge is 2.00 e. The Kier molecular flexibility index (Phi) is 9.98. The van der Waals surface area contributed by atoms with Gasteiger partial charge in [-0.05, 0) is 37.1 Å². The first-order valence-corrected chi connectivity index (χ1v) is 12.1. The second-order valence-electron chi connectivity index (χ2n) is 8.64. The number of rotatable bonds is 9. The average molecular weight is 527 g/mol. The molecule has 7 heteroatoms. The van der Waals surface area contributed by atoms with Crippen molar-refractivity contribution in [3.8, 4) is 0 Å². The molecule has 2 unspecified atom stereocenters. The van der Waals surface area contributed by atoms with Gasteiger partial charge >= 0.3 is 22.5 Å². The number of hydrogen-bond acceptors (Lipinski definition) is 4. The summed E-state index contributed by atoms with van der Waals surface area (Å²) in [4.78, 5) is 32.2. The number of likely N-dealkylation sites (N-methyl/N-ethyl adjacent to an activating group) is 1. The fourth-order valence-corrected chi connectivity index (χ4v) is 4.53. The maximum absolute atomic E-state index is 13.1. The maximum Gasteiger partial charge on any atom is 2.00 e. The van der Waals surface area contributed by atoms with Crippen LogP contribution in [0.1, 0.15) is 36.5 Å². The molecule has 1 saturated heterocycles. The Balaban J connectivity index is 0.00000361. The number of carboxylic acids is 1. The van der Waals surface area contributed by atoms with Gasteiger partial charge in [0, 0.05) is 12.0 Å². The van der Waals surface area contributed by atoms with E-state index in [-0.39, 0.29) is 34.9 Å². The summed E-state index contributed by atoms with van der Waals surface area (Å²) in [7, 11) is 0. The molecule has 4 rings (SSSR count). The smallest absolute Gasteiger partial charge is 0.625 e. The first kappa shape index (κ1) is 27.3. The van der Waals surface area contributed by atoms with E-state index in [0.717, 1.165) is 37.1 Å². The number of aliphatic imine (C=N–C) groups is 1. The minimum absolute atomic E-state index is 0. The first-order chi connectivity index (χ1) is 17.1. The van der Waals surface area contributed by atoms with Crippen molar-refractivity contribution in [2.45, 2.75) is 38.3 Å². The van der Waals surface area contributed by atoms with E-state index in [1.54, 1.807) is 6.07 Å². The number of carbonyl (C=O) groups excluding carboxylic acids is 1. The topological polar surface area (TPSA) is 84.1 Å². The number of aliphatic carboxylic acids is 1. The molecule has 1 aliphatic rings. The van der Waals surface area contributed by atoms with E-state index in [2.05, 4.69) is 17.1 Å². The van der Waals surface area contributed by atoms with E-state index in [1.165, 1.54) is 0 Å². The van der Waals surface area contributed by atoms with Gasteiger partial charge in [-0.2, -0.15) is 0 Å². The van der Waals surface area contributed by atoms with Crippen molar-refractivity contribution in [3.05, 3.63) is 107 Å². The van der Waals surface area contributed by atoms with Gasteiger partial charge in [0.25, 0.3) is 0 Å². The van der Waals surface area contributed by atoms with Gasteiger partial charge in [-0.25, -0.2) is 4.79 Å². The number of likely N-dealkylation sites (tertiary alicyclic amines) is 1. The second-order valence-corrected chi connectivity index (χ2v) is 8.64. The predicted molar refractivity (Wildman–Crippen MR) is 138 cm³/mol. The Bertz CT molecular complexity index is 1180. The molecule has 36 heavy (non-hydrogen) atoms. The van der Waals surface area contributed by atoms with E-state index < -0.39 is 12.0 Å². The molecule has 0 aromatic heterocycles. The minimum Gasteiger partial charge on any atom is -0.625 e. The third-order valence-electron chi connectivity index (χ3n) is 6.33. The average Bonchev–Trinajstić information content (AvgIpc) is 3.37. The van der Waals surface area contributed by atoms with E-state index in [0.29, 0.717) is 17.0 Å². The second kappa shape index (κ2) is 13.1. The molecule has 2 atom stereocenters. The van der Waals surface area contributed by atoms with Crippen LogP contribution in [0.2, 0.25) is 0 Å². The molecular weight excluding hydrogens is 497 g/mol. The first-order valence-electron chi connectivity index (χ1n) is 12.1. The van der Waals surface area contributed by atoms with Crippen molar-refractivity contribution < 1.29 is 31.2 Å². The fourth-order valence-electron chi connectivity index (χ4n) is 4.53. The molecule has 1 fully saturated rings. The van der Waals surface area contributed by atoms with Crippen LogP contribution in [0, 0.1) is 0 Å². The molecule has 1 amide bonds. The summed E-state index contributed by atoms with van der Waals surface area (Å²) < 4.78 is 0. The third kappa shape index (κ3) is 6.68. The SMILES string of the molecule is CCN1CCCC1C(=O)[N-]c1ccccc1C(=NC(Cc1ccccc1)C(=O)O)c1ccccc1.[Ni+2]. The Labute approximate surface area is 222 Å². The minimum atomic E-state index is -1.00. The van der Waals surface area contributed by atoms with Crippen LogP contribution in [0.25, 0.3) is 5.32 Å². The van der Waals surface area contributed by atoms with Crippen LogP contribution in [0.5, 0.6) is 0 Å². The number of hydrogen-bond donors (Lipinski definition) is 1. The van der Waals surface area contributed by atoms with Gasteiger partial charge in [-0.1, -0.05) is 91.9 Å². The van der Waals surface area contributed by atoms with Gasteiger partial charge in [0.15, 0.2) is 6.04 Å². The van der Waals surface area contributed by atoms with Gasteiger partial charge in [0.1, 0.15) is 0 Å². The van der Waals surface area contributed by atoms with Gasteiger partial charge in [-0.3, -0.25) is 9.89 Å². The van der Waals surface area contributed by atoms with E-state index in [4.69, 9.17) is 4.99 Å². The predicted octanol–water partition coefficient (Wildman–Crippen LogP) is 5.23. The van der Waals surface area contributed by atoms with Crippen LogP contribution in [0.4, 0.5) is 5.69 Å². The Morgan fingerprint density at radius 3 is 2.31 bits per heavy atom. The summed E-state index contributed by atoms with van der Waals surface area (Å²) in [5.74, 6) is -1.17. The zero-order valence-electron chi connectivity index (χ0n) is 20.2. The summed E-state index contributed by atoms with van der Waals surface area (Å²) in [5.41, 5.74) is 3.34. The zero-order chi connectivity index (χ0) is 24.6. The van der Waals surface area contributed by atoms with Gasteiger partial charge in [0.2, 0.25) is 0 Å². The van der Waals surface area contributed by atoms with E-state index in [9.17, 15) is 14.7 Å². The Morgan fingerprint density at radius 1 is 1.00 bits per heavy atom. The number of nitrogens with zero attached hydrogens (tertiary/aromatic N) is 3. The summed E-state index contributed by atoms with van der Waals surface area (Å²) >= 11 is 0. The van der Waals surface area contributed by atoms with Crippen LogP contribution < -0.4 is 0 Å². The Morgan fingerprint density at radius 2 is 1.64 bits per heavy atom. The van der Waals surface area contributed by atoms with Crippen LogP contribution in [0.3, 0.4) is 0 Å². The molecule has 1 aliphatic heterocycles. The number of carboxylic acid groups (broad SMARTS) is 1. The summed E-state index contributed by atoms with van der Waals surface area (Å²) in [6.45, 7) is 3.77. The number of amides is 1. The summed E-state index contributed by atoms with van der Waals surface area (Å²) in [6.07, 6.45) is 2.05. The zero-order valence-corrected chi connectivity index (χ0v) is 21.2. The summed E-state index contributed by atoms with van der Waals surface area (Å²) in [6, 6.07) is 25.1. The van der Waals surface area contributed by atoms with Crippen LogP contribution in [0.15, 0.2) is 89.9 Å². The van der Waals surface area contributed by atoms with Gasteiger partial charge in [0.05, 0.1) is 17.7 Å². The molecule has 1 heterocycles. The quantitative estimate of drug-likeness (QED) is 0.305. The van der Waals surface area contributed by atoms with Crippen molar-refractivity contribution >= 4 is 23.3 Å². The van der Waals surface area contributed by atoms with E-state index in [1.807, 2.05) is 78.9 Å². The maximum atomic E-state index is 13.1. The molecule has 188 valence electrons. The standard InChI is InChI=1S/C29H31N3O3.Ni/c1-2-32-19-11-18-26(32)28(33)31-24-17-10-9-16-23(24)27(22-14-7-4-8-15-22)30-25(29(34)35)20-21-12-5-3-6-13-21;/h3-10,12-17,25-26H,2,11,18-20H2,1H3,(H2,30,31,33,34,35);/q;+2/p-1. The van der Waals surface area contributed by atoms with E-state index >= 15 is 0 Å². The van der Waals surface area contributed by atoms with Gasteiger partial charge < -0.3 is 15.2 Å². The molecule has 0 spiro atoms. The van der Waals surface area contributed by atoms with Crippen LogP contribution >= 0.6 is 0 Å². The monoisotopic (exact) mass is 526 g/mol. The normalized spacial score (nSPS) is 16.7. The summed E-state index contributed by atoms with van der Waals surface area (Å²) in [5, 5.41) is 14.5.